The van der Waals surface area contributed by atoms with E-state index >= 15 is 0 Å². The topological polar surface area (TPSA) is 12.0 Å². The highest BCUT2D eigenvalue weighted by atomic mass is 14.8. The van der Waals surface area contributed by atoms with Gasteiger partial charge in [0.1, 0.15) is 0 Å². The van der Waals surface area contributed by atoms with E-state index in [-0.39, 0.29) is 0 Å². The maximum absolute atomic E-state index is 3.33. The van der Waals surface area contributed by atoms with E-state index < -0.39 is 0 Å². The highest BCUT2D eigenvalue weighted by molar-refractivity contribution is 5.44. The molecule has 0 fully saturated rings. The van der Waals surface area contributed by atoms with Crippen LogP contribution in [-0.4, -0.2) is 6.54 Å². The molecule has 0 unspecified atom stereocenters. The van der Waals surface area contributed by atoms with Crippen molar-refractivity contribution in [3.8, 4) is 0 Å². The minimum absolute atomic E-state index is 0.997. The van der Waals surface area contributed by atoms with Crippen molar-refractivity contribution in [3.63, 3.8) is 0 Å². The molecule has 0 aliphatic carbocycles. The number of unbranched alkanes of at least 4 members (excludes halogenated alkanes) is 6. The fraction of sp³-hybridized carbons (Fsp3) is 0.647. The van der Waals surface area contributed by atoms with Crippen molar-refractivity contribution in [2.45, 2.75) is 65.2 Å². The summed E-state index contributed by atoms with van der Waals surface area (Å²) in [7, 11) is 0. The van der Waals surface area contributed by atoms with Crippen LogP contribution in [0.5, 0.6) is 0 Å². The summed E-state index contributed by atoms with van der Waals surface area (Å²) in [4.78, 5) is 0. The zero-order chi connectivity index (χ0) is 13.1. The van der Waals surface area contributed by atoms with E-state index in [4.69, 9.17) is 0 Å². The number of benzene rings is 1. The molecule has 0 aromatic heterocycles. The lowest BCUT2D eigenvalue weighted by molar-refractivity contribution is 0.589. The summed E-state index contributed by atoms with van der Waals surface area (Å²) >= 11 is 0. The van der Waals surface area contributed by atoms with Gasteiger partial charge in [0.25, 0.3) is 0 Å². The molecule has 0 saturated heterocycles. The van der Waals surface area contributed by atoms with Gasteiger partial charge in [-0.05, 0) is 37.5 Å². The highest BCUT2D eigenvalue weighted by Gasteiger charge is 1.95. The standard InChI is InChI=1S/C17H29N/c1-3-5-6-7-8-9-10-11-16-12-14-17(15-13-16)18-4-2/h12-15,18H,3-11H2,1-2H3. The molecule has 1 aromatic carbocycles. The number of rotatable bonds is 10. The van der Waals surface area contributed by atoms with Crippen LogP contribution in [0.2, 0.25) is 0 Å². The van der Waals surface area contributed by atoms with Crippen LogP contribution in [0.15, 0.2) is 24.3 Å². The molecular formula is C17H29N. The van der Waals surface area contributed by atoms with Crippen LogP contribution < -0.4 is 5.32 Å². The van der Waals surface area contributed by atoms with Crippen LogP contribution in [-0.2, 0) is 6.42 Å². The maximum atomic E-state index is 3.33. The Morgan fingerprint density at radius 3 is 2.00 bits per heavy atom. The summed E-state index contributed by atoms with van der Waals surface area (Å²) in [6.07, 6.45) is 11.0. The normalized spacial score (nSPS) is 10.6. The third-order valence-corrected chi connectivity index (χ3v) is 3.40. The highest BCUT2D eigenvalue weighted by Crippen LogP contribution is 2.13. The number of hydrogen-bond donors (Lipinski definition) is 1. The van der Waals surface area contributed by atoms with Crippen LogP contribution in [0.1, 0.15) is 64.4 Å². The molecule has 0 heterocycles. The zero-order valence-electron chi connectivity index (χ0n) is 12.2. The third kappa shape index (κ3) is 6.68. The smallest absolute Gasteiger partial charge is 0.0340 e. The molecule has 0 amide bonds. The summed E-state index contributed by atoms with van der Waals surface area (Å²) in [6, 6.07) is 8.91. The summed E-state index contributed by atoms with van der Waals surface area (Å²) < 4.78 is 0. The summed E-state index contributed by atoms with van der Waals surface area (Å²) in [5.41, 5.74) is 2.71. The average molecular weight is 247 g/mol. The Bertz CT molecular complexity index is 289. The first-order chi connectivity index (χ1) is 8.86. The molecule has 102 valence electrons. The van der Waals surface area contributed by atoms with Gasteiger partial charge >= 0.3 is 0 Å². The van der Waals surface area contributed by atoms with E-state index in [0.717, 1.165) is 6.54 Å². The molecule has 1 heteroatoms. The average Bonchev–Trinajstić information content (AvgIpc) is 2.40. The third-order valence-electron chi connectivity index (χ3n) is 3.40. The quantitative estimate of drug-likeness (QED) is 0.545. The first kappa shape index (κ1) is 15.1. The largest absolute Gasteiger partial charge is 0.385 e. The lowest BCUT2D eigenvalue weighted by Crippen LogP contribution is -1.96. The fourth-order valence-corrected chi connectivity index (χ4v) is 2.28. The molecule has 0 bridgehead atoms. The first-order valence-electron chi connectivity index (χ1n) is 7.69. The van der Waals surface area contributed by atoms with Gasteiger partial charge in [0.05, 0.1) is 0 Å². The molecular weight excluding hydrogens is 218 g/mol. The van der Waals surface area contributed by atoms with Gasteiger partial charge in [-0.15, -0.1) is 0 Å². The Hall–Kier alpha value is -0.980. The number of hydrogen-bond acceptors (Lipinski definition) is 1. The molecule has 18 heavy (non-hydrogen) atoms. The summed E-state index contributed by atoms with van der Waals surface area (Å²) in [6.45, 7) is 5.40. The fourth-order valence-electron chi connectivity index (χ4n) is 2.28. The first-order valence-corrected chi connectivity index (χ1v) is 7.69. The zero-order valence-corrected chi connectivity index (χ0v) is 12.2. The molecule has 0 aliphatic rings. The van der Waals surface area contributed by atoms with E-state index in [9.17, 15) is 0 Å². The Balaban J connectivity index is 2.08. The van der Waals surface area contributed by atoms with Gasteiger partial charge in [0.15, 0.2) is 0 Å². The van der Waals surface area contributed by atoms with Gasteiger partial charge in [-0.25, -0.2) is 0 Å². The van der Waals surface area contributed by atoms with Gasteiger partial charge in [-0.2, -0.15) is 0 Å². The van der Waals surface area contributed by atoms with Crippen LogP contribution in [0.4, 0.5) is 5.69 Å². The summed E-state index contributed by atoms with van der Waals surface area (Å²) in [5.74, 6) is 0. The maximum Gasteiger partial charge on any atom is 0.0340 e. The van der Waals surface area contributed by atoms with Crippen LogP contribution >= 0.6 is 0 Å². The molecule has 0 saturated carbocycles. The van der Waals surface area contributed by atoms with Gasteiger partial charge in [-0.1, -0.05) is 57.6 Å². The van der Waals surface area contributed by atoms with Gasteiger partial charge in [0, 0.05) is 12.2 Å². The lowest BCUT2D eigenvalue weighted by Gasteiger charge is -2.05. The van der Waals surface area contributed by atoms with Gasteiger partial charge in [0.2, 0.25) is 0 Å². The van der Waals surface area contributed by atoms with Crippen molar-refractivity contribution < 1.29 is 0 Å². The molecule has 1 N–H and O–H groups in total. The predicted molar refractivity (Wildman–Crippen MR) is 82.3 cm³/mol. The van der Waals surface area contributed by atoms with Gasteiger partial charge in [-0.3, -0.25) is 0 Å². The van der Waals surface area contributed by atoms with Crippen molar-refractivity contribution in [1.29, 1.82) is 0 Å². The molecule has 0 radical (unpaired) electrons. The minimum atomic E-state index is 0.997. The Morgan fingerprint density at radius 1 is 0.778 bits per heavy atom. The molecule has 0 atom stereocenters. The molecule has 0 spiro atoms. The lowest BCUT2D eigenvalue weighted by atomic mass is 10.0. The van der Waals surface area contributed by atoms with Crippen molar-refractivity contribution in [3.05, 3.63) is 29.8 Å². The van der Waals surface area contributed by atoms with Crippen molar-refractivity contribution in [2.75, 3.05) is 11.9 Å². The van der Waals surface area contributed by atoms with E-state index in [0.29, 0.717) is 0 Å². The monoisotopic (exact) mass is 247 g/mol. The van der Waals surface area contributed by atoms with Gasteiger partial charge < -0.3 is 5.32 Å². The minimum Gasteiger partial charge on any atom is -0.385 e. The predicted octanol–water partition coefficient (Wildman–Crippen LogP) is 5.41. The molecule has 1 nitrogen and oxygen atoms in total. The van der Waals surface area contributed by atoms with Crippen LogP contribution in [0, 0.1) is 0 Å². The van der Waals surface area contributed by atoms with Crippen molar-refractivity contribution >= 4 is 5.69 Å². The van der Waals surface area contributed by atoms with E-state index in [2.05, 4.69) is 43.4 Å². The SMILES string of the molecule is CCCCCCCCCc1ccc(NCC)cc1. The van der Waals surface area contributed by atoms with E-state index in [1.165, 1.54) is 62.6 Å². The number of anilines is 1. The summed E-state index contributed by atoms with van der Waals surface area (Å²) in [5, 5.41) is 3.33. The Labute approximate surface area is 113 Å². The van der Waals surface area contributed by atoms with Crippen molar-refractivity contribution in [1.82, 2.24) is 0 Å². The second kappa shape index (κ2) is 9.99. The Kier molecular flexibility index (Phi) is 8.37. The van der Waals surface area contributed by atoms with Crippen molar-refractivity contribution in [2.24, 2.45) is 0 Å². The number of nitrogens with one attached hydrogen (secondary N) is 1. The number of aryl methyl sites for hydroxylation is 1. The molecule has 0 aliphatic heterocycles. The second-order valence-electron chi connectivity index (χ2n) is 5.10. The Morgan fingerprint density at radius 2 is 1.39 bits per heavy atom. The van der Waals surface area contributed by atoms with Crippen LogP contribution in [0.25, 0.3) is 0 Å². The molecule has 1 aromatic rings. The second-order valence-corrected chi connectivity index (χ2v) is 5.10. The van der Waals surface area contributed by atoms with E-state index in [1.54, 1.807) is 0 Å². The van der Waals surface area contributed by atoms with E-state index in [1.807, 2.05) is 0 Å². The van der Waals surface area contributed by atoms with Crippen LogP contribution in [0.3, 0.4) is 0 Å². The molecule has 1 rings (SSSR count).